The molecule has 0 radical (unpaired) electrons. The second kappa shape index (κ2) is 17.4. The SMILES string of the molecule is C/C=C/CCCCCCCCCCCCCCO[C@H](CO)[C@@H]1OC[C@H](O)[C@@H]1O. The first-order valence-electron chi connectivity index (χ1n) is 11.5. The molecule has 0 spiro atoms. The summed E-state index contributed by atoms with van der Waals surface area (Å²) in [6.07, 6.45) is 18.1. The number of unbranched alkanes of at least 4 members (excludes halogenated alkanes) is 12. The molecule has 1 aliphatic heterocycles. The molecule has 1 aliphatic rings. The number of allylic oxidation sites excluding steroid dienone is 2. The Morgan fingerprint density at radius 2 is 1.43 bits per heavy atom. The zero-order chi connectivity index (χ0) is 20.5. The third-order valence-electron chi connectivity index (χ3n) is 5.57. The Balaban J connectivity index is 1.84. The summed E-state index contributed by atoms with van der Waals surface area (Å²) in [7, 11) is 0. The lowest BCUT2D eigenvalue weighted by atomic mass is 10.0. The molecule has 0 saturated carbocycles. The third-order valence-corrected chi connectivity index (χ3v) is 5.57. The van der Waals surface area contributed by atoms with Gasteiger partial charge in [0.25, 0.3) is 0 Å². The predicted molar refractivity (Wildman–Crippen MR) is 113 cm³/mol. The summed E-state index contributed by atoms with van der Waals surface area (Å²) in [5, 5.41) is 28.8. The van der Waals surface area contributed by atoms with E-state index in [1.807, 2.05) is 0 Å². The summed E-state index contributed by atoms with van der Waals surface area (Å²) in [6, 6.07) is 0. The minimum atomic E-state index is -0.977. The van der Waals surface area contributed by atoms with Crippen molar-refractivity contribution < 1.29 is 24.8 Å². The Bertz CT molecular complexity index is 374. The Morgan fingerprint density at radius 1 is 0.893 bits per heavy atom. The molecule has 0 bridgehead atoms. The standard InChI is InChI=1S/C23H44O5/c1-2-3-4-5-6-7-8-9-10-11-12-13-14-15-16-17-27-21(18-24)23-22(26)20(25)19-28-23/h2-3,20-26H,4-19H2,1H3/b3-2+/t20-,21+,22-,23-/m0/s1. The average Bonchev–Trinajstić information content (AvgIpc) is 3.03. The normalized spacial score (nSPS) is 23.6. The second-order valence-corrected chi connectivity index (χ2v) is 8.05. The quantitative estimate of drug-likeness (QED) is 0.238. The zero-order valence-electron chi connectivity index (χ0n) is 17.9. The van der Waals surface area contributed by atoms with Gasteiger partial charge in [-0.3, -0.25) is 0 Å². The zero-order valence-corrected chi connectivity index (χ0v) is 17.9. The van der Waals surface area contributed by atoms with Crippen LogP contribution in [0.5, 0.6) is 0 Å². The van der Waals surface area contributed by atoms with E-state index in [-0.39, 0.29) is 13.2 Å². The number of rotatable bonds is 18. The van der Waals surface area contributed by atoms with Crippen LogP contribution in [0, 0.1) is 0 Å². The summed E-state index contributed by atoms with van der Waals surface area (Å²) in [6.45, 7) is 2.54. The highest BCUT2D eigenvalue weighted by molar-refractivity contribution is 4.88. The number of hydrogen-bond acceptors (Lipinski definition) is 5. The van der Waals surface area contributed by atoms with Gasteiger partial charge in [-0.05, 0) is 26.2 Å². The van der Waals surface area contributed by atoms with Crippen molar-refractivity contribution in [2.45, 2.75) is 115 Å². The van der Waals surface area contributed by atoms with E-state index in [2.05, 4.69) is 19.1 Å². The fraction of sp³-hybridized carbons (Fsp3) is 0.913. The molecule has 166 valence electrons. The maximum absolute atomic E-state index is 9.83. The van der Waals surface area contributed by atoms with Crippen LogP contribution in [0.15, 0.2) is 12.2 Å². The molecule has 0 aliphatic carbocycles. The Morgan fingerprint density at radius 3 is 1.89 bits per heavy atom. The molecule has 28 heavy (non-hydrogen) atoms. The molecule has 1 heterocycles. The van der Waals surface area contributed by atoms with E-state index < -0.39 is 24.4 Å². The Kier molecular flexibility index (Phi) is 15.9. The summed E-state index contributed by atoms with van der Waals surface area (Å²) < 4.78 is 11.0. The molecule has 1 saturated heterocycles. The maximum atomic E-state index is 9.83. The van der Waals surface area contributed by atoms with Gasteiger partial charge in [0.05, 0.1) is 13.2 Å². The number of aliphatic hydroxyl groups excluding tert-OH is 3. The smallest absolute Gasteiger partial charge is 0.114 e. The van der Waals surface area contributed by atoms with Crippen LogP contribution in [-0.2, 0) is 9.47 Å². The van der Waals surface area contributed by atoms with Crippen molar-refractivity contribution in [1.82, 2.24) is 0 Å². The van der Waals surface area contributed by atoms with Gasteiger partial charge in [0.2, 0.25) is 0 Å². The highest BCUT2D eigenvalue weighted by atomic mass is 16.6. The van der Waals surface area contributed by atoms with Gasteiger partial charge < -0.3 is 24.8 Å². The third kappa shape index (κ3) is 11.5. The van der Waals surface area contributed by atoms with E-state index in [0.29, 0.717) is 6.61 Å². The molecule has 3 N–H and O–H groups in total. The van der Waals surface area contributed by atoms with Crippen molar-refractivity contribution in [3.63, 3.8) is 0 Å². The average molecular weight is 401 g/mol. The van der Waals surface area contributed by atoms with Gasteiger partial charge in [0.15, 0.2) is 0 Å². The second-order valence-electron chi connectivity index (χ2n) is 8.05. The van der Waals surface area contributed by atoms with Crippen molar-refractivity contribution in [2.24, 2.45) is 0 Å². The Hall–Kier alpha value is -0.460. The van der Waals surface area contributed by atoms with Gasteiger partial charge in [0, 0.05) is 6.61 Å². The van der Waals surface area contributed by atoms with E-state index >= 15 is 0 Å². The van der Waals surface area contributed by atoms with Gasteiger partial charge in [0.1, 0.15) is 24.4 Å². The fourth-order valence-corrected chi connectivity index (χ4v) is 3.74. The van der Waals surface area contributed by atoms with Crippen molar-refractivity contribution in [3.05, 3.63) is 12.2 Å². The van der Waals surface area contributed by atoms with Gasteiger partial charge in [-0.2, -0.15) is 0 Å². The molecule has 0 aromatic rings. The van der Waals surface area contributed by atoms with Gasteiger partial charge in [-0.25, -0.2) is 0 Å². The first-order valence-corrected chi connectivity index (χ1v) is 11.5. The van der Waals surface area contributed by atoms with Crippen LogP contribution in [-0.4, -0.2) is 59.6 Å². The molecular formula is C23H44O5. The number of aliphatic hydroxyl groups is 3. The van der Waals surface area contributed by atoms with Crippen molar-refractivity contribution in [2.75, 3.05) is 19.8 Å². The van der Waals surface area contributed by atoms with Crippen LogP contribution in [0.3, 0.4) is 0 Å². The van der Waals surface area contributed by atoms with Crippen LogP contribution >= 0.6 is 0 Å². The summed E-state index contributed by atoms with van der Waals surface area (Å²) in [5.41, 5.74) is 0. The minimum Gasteiger partial charge on any atom is -0.394 e. The molecule has 5 nitrogen and oxygen atoms in total. The highest BCUT2D eigenvalue weighted by Gasteiger charge is 2.40. The molecule has 0 unspecified atom stereocenters. The van der Waals surface area contributed by atoms with E-state index in [1.54, 1.807) is 0 Å². The lowest BCUT2D eigenvalue weighted by Crippen LogP contribution is -2.42. The molecule has 0 aromatic heterocycles. The van der Waals surface area contributed by atoms with Gasteiger partial charge in [-0.15, -0.1) is 0 Å². The molecule has 4 atom stereocenters. The van der Waals surface area contributed by atoms with Crippen molar-refractivity contribution >= 4 is 0 Å². The van der Waals surface area contributed by atoms with Crippen LogP contribution < -0.4 is 0 Å². The van der Waals surface area contributed by atoms with Crippen molar-refractivity contribution in [3.8, 4) is 0 Å². The molecule has 5 heteroatoms. The lowest BCUT2D eigenvalue weighted by Gasteiger charge is -2.24. The Labute approximate surface area is 172 Å². The lowest BCUT2D eigenvalue weighted by molar-refractivity contribution is -0.101. The molecule has 1 rings (SSSR count). The molecule has 1 fully saturated rings. The monoisotopic (exact) mass is 400 g/mol. The van der Waals surface area contributed by atoms with Crippen LogP contribution in [0.4, 0.5) is 0 Å². The fourth-order valence-electron chi connectivity index (χ4n) is 3.74. The van der Waals surface area contributed by atoms with E-state index in [4.69, 9.17) is 9.47 Å². The van der Waals surface area contributed by atoms with E-state index in [0.717, 1.165) is 12.8 Å². The number of ether oxygens (including phenoxy) is 2. The maximum Gasteiger partial charge on any atom is 0.114 e. The minimum absolute atomic E-state index is 0.0995. The van der Waals surface area contributed by atoms with Crippen LogP contribution in [0.2, 0.25) is 0 Å². The predicted octanol–water partition coefficient (Wildman–Crippen LogP) is 4.13. The summed E-state index contributed by atoms with van der Waals surface area (Å²) >= 11 is 0. The van der Waals surface area contributed by atoms with Crippen LogP contribution in [0.1, 0.15) is 90.4 Å². The summed E-state index contributed by atoms with van der Waals surface area (Å²) in [5.74, 6) is 0. The molecule has 0 aromatic carbocycles. The molecular weight excluding hydrogens is 356 g/mol. The van der Waals surface area contributed by atoms with Gasteiger partial charge >= 0.3 is 0 Å². The first-order chi connectivity index (χ1) is 13.7. The summed E-state index contributed by atoms with van der Waals surface area (Å²) in [4.78, 5) is 0. The number of hydrogen-bond donors (Lipinski definition) is 3. The molecule has 0 amide bonds. The highest BCUT2D eigenvalue weighted by Crippen LogP contribution is 2.20. The largest absolute Gasteiger partial charge is 0.394 e. The van der Waals surface area contributed by atoms with E-state index in [9.17, 15) is 15.3 Å². The topological polar surface area (TPSA) is 79.2 Å². The first kappa shape index (κ1) is 25.6. The van der Waals surface area contributed by atoms with Crippen molar-refractivity contribution in [1.29, 1.82) is 0 Å². The van der Waals surface area contributed by atoms with Gasteiger partial charge in [-0.1, -0.05) is 76.4 Å². The van der Waals surface area contributed by atoms with E-state index in [1.165, 1.54) is 70.6 Å². The van der Waals surface area contributed by atoms with Crippen LogP contribution in [0.25, 0.3) is 0 Å².